The van der Waals surface area contributed by atoms with Crippen LogP contribution >= 0.6 is 12.2 Å². The second-order valence-electron chi connectivity index (χ2n) is 4.16. The molecule has 0 aromatic carbocycles. The van der Waals surface area contributed by atoms with Crippen molar-refractivity contribution in [3.05, 3.63) is 21.3 Å². The average Bonchev–Trinajstić information content (AvgIpc) is 2.30. The van der Waals surface area contributed by atoms with Gasteiger partial charge in [0.25, 0.3) is 5.56 Å². The minimum Gasteiger partial charge on any atom is -0.323 e. The lowest BCUT2D eigenvalue weighted by molar-refractivity contribution is -0.114. The summed E-state index contributed by atoms with van der Waals surface area (Å²) in [6.45, 7) is 6.70. The molecule has 1 N–H and O–H groups in total. The fourth-order valence-corrected chi connectivity index (χ4v) is 2.07. The second kappa shape index (κ2) is 6.49. The molecule has 0 atom stereocenters. The van der Waals surface area contributed by atoms with Crippen LogP contribution in [0.2, 0.25) is 0 Å². The summed E-state index contributed by atoms with van der Waals surface area (Å²) in [5.41, 5.74) is 0.0578. The van der Waals surface area contributed by atoms with Crippen molar-refractivity contribution in [1.82, 2.24) is 9.13 Å². The third-order valence-electron chi connectivity index (χ3n) is 2.46. The Hall–Kier alpha value is -1.43. The maximum atomic E-state index is 12.1. The minimum absolute atomic E-state index is 0.232. The van der Waals surface area contributed by atoms with Gasteiger partial charge in [0, 0.05) is 26.2 Å². The highest BCUT2D eigenvalue weighted by Gasteiger charge is 2.09. The fraction of sp³-hybridized carbons (Fsp3) is 0.583. The van der Waals surface area contributed by atoms with Crippen LogP contribution < -0.4 is 10.9 Å². The van der Waals surface area contributed by atoms with Crippen molar-refractivity contribution in [1.29, 1.82) is 0 Å². The lowest BCUT2D eigenvalue weighted by atomic mass is 10.4. The predicted molar refractivity (Wildman–Crippen MR) is 74.4 cm³/mol. The highest BCUT2D eigenvalue weighted by molar-refractivity contribution is 7.71. The van der Waals surface area contributed by atoms with E-state index in [-0.39, 0.29) is 17.2 Å². The molecule has 0 spiro atoms. The number of aromatic nitrogens is 2. The molecule has 1 aromatic rings. The predicted octanol–water partition coefficient (Wildman–Crippen LogP) is 2.16. The number of aryl methyl sites for hydroxylation is 1. The van der Waals surface area contributed by atoms with E-state index in [2.05, 4.69) is 5.32 Å². The number of rotatable bonds is 5. The molecule has 0 aliphatic rings. The molecule has 0 fully saturated rings. The molecule has 1 rings (SSSR count). The normalized spacial score (nSPS) is 10.4. The van der Waals surface area contributed by atoms with Crippen molar-refractivity contribution in [3.63, 3.8) is 0 Å². The summed E-state index contributed by atoms with van der Waals surface area (Å²) in [5.74, 6) is -0.254. The standard InChI is InChI=1S/C12H19N3O2S/c1-4-6-14-8-10(13-9(3)16)11(17)15(7-5-2)12(14)18/h8H,4-7H2,1-3H3,(H,13,16). The minimum atomic E-state index is -0.254. The summed E-state index contributed by atoms with van der Waals surface area (Å²) in [6, 6.07) is 0. The van der Waals surface area contributed by atoms with Gasteiger partial charge in [-0.1, -0.05) is 13.8 Å². The van der Waals surface area contributed by atoms with E-state index >= 15 is 0 Å². The number of nitrogens with zero attached hydrogens (tertiary/aromatic N) is 2. The first-order valence-electron chi connectivity index (χ1n) is 6.13. The van der Waals surface area contributed by atoms with Crippen LogP contribution in [0.1, 0.15) is 33.6 Å². The number of amides is 1. The van der Waals surface area contributed by atoms with Crippen molar-refractivity contribution < 1.29 is 4.79 Å². The van der Waals surface area contributed by atoms with Gasteiger partial charge in [-0.3, -0.25) is 14.2 Å². The Morgan fingerprint density at radius 2 is 1.94 bits per heavy atom. The van der Waals surface area contributed by atoms with Gasteiger partial charge in [-0.15, -0.1) is 0 Å². The molecule has 5 nitrogen and oxygen atoms in total. The van der Waals surface area contributed by atoms with Crippen LogP contribution in [0.3, 0.4) is 0 Å². The summed E-state index contributed by atoms with van der Waals surface area (Å²) in [7, 11) is 0. The summed E-state index contributed by atoms with van der Waals surface area (Å²) in [4.78, 5) is 23.2. The number of carbonyl (C=O) groups is 1. The molecule has 1 aromatic heterocycles. The molecule has 0 bridgehead atoms. The summed E-state index contributed by atoms with van der Waals surface area (Å²) < 4.78 is 3.88. The summed E-state index contributed by atoms with van der Waals surface area (Å²) in [5, 5.41) is 2.56. The average molecular weight is 269 g/mol. The third kappa shape index (κ3) is 3.29. The Morgan fingerprint density at radius 3 is 2.44 bits per heavy atom. The van der Waals surface area contributed by atoms with Crippen molar-refractivity contribution >= 4 is 23.8 Å². The molecule has 100 valence electrons. The first-order valence-corrected chi connectivity index (χ1v) is 6.53. The molecule has 0 saturated heterocycles. The lowest BCUT2D eigenvalue weighted by Crippen LogP contribution is -2.29. The molecule has 18 heavy (non-hydrogen) atoms. The highest BCUT2D eigenvalue weighted by atomic mass is 32.1. The highest BCUT2D eigenvalue weighted by Crippen LogP contribution is 2.04. The molecule has 0 aliphatic carbocycles. The van der Waals surface area contributed by atoms with Gasteiger partial charge in [0.05, 0.1) is 0 Å². The molecule has 0 aliphatic heterocycles. The lowest BCUT2D eigenvalue weighted by Gasteiger charge is -2.14. The van der Waals surface area contributed by atoms with Gasteiger partial charge in [-0.05, 0) is 25.1 Å². The number of anilines is 1. The number of carbonyl (C=O) groups excluding carboxylic acids is 1. The summed E-state index contributed by atoms with van der Waals surface area (Å²) in [6.07, 6.45) is 3.36. The molecule has 0 unspecified atom stereocenters. The van der Waals surface area contributed by atoms with Gasteiger partial charge in [0.2, 0.25) is 5.91 Å². The van der Waals surface area contributed by atoms with Crippen LogP contribution in [0, 0.1) is 4.77 Å². The van der Waals surface area contributed by atoms with Crippen LogP contribution in [-0.4, -0.2) is 15.0 Å². The van der Waals surface area contributed by atoms with Crippen molar-refractivity contribution in [2.75, 3.05) is 5.32 Å². The Balaban J connectivity index is 3.40. The van der Waals surface area contributed by atoms with E-state index in [4.69, 9.17) is 12.2 Å². The molecular weight excluding hydrogens is 250 g/mol. The fourth-order valence-electron chi connectivity index (χ4n) is 1.75. The van der Waals surface area contributed by atoms with Gasteiger partial charge in [0.15, 0.2) is 4.77 Å². The van der Waals surface area contributed by atoms with E-state index < -0.39 is 0 Å². The van der Waals surface area contributed by atoms with E-state index in [9.17, 15) is 9.59 Å². The molecular formula is C12H19N3O2S. The maximum Gasteiger partial charge on any atom is 0.278 e. The molecule has 1 amide bonds. The Labute approximate surface area is 111 Å². The maximum absolute atomic E-state index is 12.1. The Morgan fingerprint density at radius 1 is 1.33 bits per heavy atom. The Kier molecular flexibility index (Phi) is 5.27. The second-order valence-corrected chi connectivity index (χ2v) is 4.52. The van der Waals surface area contributed by atoms with Crippen molar-refractivity contribution in [3.8, 4) is 0 Å². The van der Waals surface area contributed by atoms with Gasteiger partial charge < -0.3 is 9.88 Å². The quantitative estimate of drug-likeness (QED) is 0.833. The zero-order valence-corrected chi connectivity index (χ0v) is 11.8. The van der Waals surface area contributed by atoms with Crippen LogP contribution in [-0.2, 0) is 17.9 Å². The number of hydrogen-bond donors (Lipinski definition) is 1. The van der Waals surface area contributed by atoms with Gasteiger partial charge in [0.1, 0.15) is 5.69 Å². The molecule has 6 heteroatoms. The zero-order valence-electron chi connectivity index (χ0n) is 11.0. The SMILES string of the molecule is CCCn1cc(NC(C)=O)c(=O)n(CCC)c1=S. The van der Waals surface area contributed by atoms with Crippen LogP contribution in [0.15, 0.2) is 11.0 Å². The number of hydrogen-bond acceptors (Lipinski definition) is 3. The third-order valence-corrected chi connectivity index (χ3v) is 2.91. The van der Waals surface area contributed by atoms with E-state index in [0.29, 0.717) is 11.3 Å². The monoisotopic (exact) mass is 269 g/mol. The smallest absolute Gasteiger partial charge is 0.278 e. The van der Waals surface area contributed by atoms with Gasteiger partial charge >= 0.3 is 0 Å². The van der Waals surface area contributed by atoms with Crippen LogP contribution in [0.4, 0.5) is 5.69 Å². The first kappa shape index (κ1) is 14.6. The molecule has 0 radical (unpaired) electrons. The van der Waals surface area contributed by atoms with E-state index in [0.717, 1.165) is 19.4 Å². The largest absolute Gasteiger partial charge is 0.323 e. The van der Waals surface area contributed by atoms with E-state index in [1.54, 1.807) is 6.20 Å². The first-order chi connectivity index (χ1) is 8.51. The zero-order chi connectivity index (χ0) is 13.7. The molecule has 1 heterocycles. The van der Waals surface area contributed by atoms with Crippen LogP contribution in [0.5, 0.6) is 0 Å². The number of nitrogens with one attached hydrogen (secondary N) is 1. The topological polar surface area (TPSA) is 56.0 Å². The van der Waals surface area contributed by atoms with Crippen molar-refractivity contribution in [2.45, 2.75) is 46.7 Å². The van der Waals surface area contributed by atoms with E-state index in [1.807, 2.05) is 18.4 Å². The van der Waals surface area contributed by atoms with E-state index in [1.165, 1.54) is 11.5 Å². The van der Waals surface area contributed by atoms with Gasteiger partial charge in [-0.2, -0.15) is 0 Å². The summed E-state index contributed by atoms with van der Waals surface area (Å²) >= 11 is 5.30. The van der Waals surface area contributed by atoms with Crippen LogP contribution in [0.25, 0.3) is 0 Å². The Bertz CT molecular complexity index is 545. The van der Waals surface area contributed by atoms with Gasteiger partial charge in [-0.25, -0.2) is 0 Å². The molecule has 0 saturated carbocycles. The van der Waals surface area contributed by atoms with Crippen molar-refractivity contribution in [2.24, 2.45) is 0 Å².